The summed E-state index contributed by atoms with van der Waals surface area (Å²) in [4.78, 5) is 38.1. The molecule has 0 amide bonds. The van der Waals surface area contributed by atoms with Gasteiger partial charge in [-0.2, -0.15) is 0 Å². The van der Waals surface area contributed by atoms with E-state index < -0.39 is 12.1 Å². The molecule has 70 heavy (non-hydrogen) atoms. The summed E-state index contributed by atoms with van der Waals surface area (Å²) in [7, 11) is 0. The van der Waals surface area contributed by atoms with Gasteiger partial charge in [-0.1, -0.05) is 254 Å². The molecule has 0 saturated carbocycles. The van der Waals surface area contributed by atoms with E-state index in [4.69, 9.17) is 14.2 Å². The second kappa shape index (κ2) is 58.2. The van der Waals surface area contributed by atoms with Crippen molar-refractivity contribution >= 4 is 17.9 Å². The first-order chi connectivity index (χ1) is 34.5. The topological polar surface area (TPSA) is 78.9 Å². The molecule has 0 aliphatic rings. The van der Waals surface area contributed by atoms with Crippen LogP contribution in [-0.2, 0) is 28.6 Å². The predicted molar refractivity (Wildman–Crippen MR) is 302 cm³/mol. The first-order valence-corrected chi connectivity index (χ1v) is 29.6. The van der Waals surface area contributed by atoms with E-state index in [1.54, 1.807) is 6.08 Å². The zero-order chi connectivity index (χ0) is 50.7. The molecule has 0 heterocycles. The molecule has 0 N–H and O–H groups in total. The maximum Gasteiger partial charge on any atom is 0.310 e. The third-order valence-electron chi connectivity index (χ3n) is 12.6. The molecule has 1 unspecified atom stereocenters. The van der Waals surface area contributed by atoms with Crippen molar-refractivity contribution in [3.05, 3.63) is 85.1 Å². The molecule has 0 aromatic heterocycles. The molecule has 0 radical (unpaired) electrons. The van der Waals surface area contributed by atoms with Gasteiger partial charge in [-0.25, -0.2) is 0 Å². The molecule has 0 saturated heterocycles. The Morgan fingerprint density at radius 3 is 0.929 bits per heavy atom. The summed E-state index contributed by atoms with van der Waals surface area (Å²) in [5.74, 6) is -1.05. The second-order valence-electron chi connectivity index (χ2n) is 19.5. The zero-order valence-corrected chi connectivity index (χ0v) is 46.0. The van der Waals surface area contributed by atoms with Crippen LogP contribution in [0.15, 0.2) is 85.1 Å². The number of rotatable bonds is 53. The maximum absolute atomic E-state index is 12.8. The average Bonchev–Trinajstić information content (AvgIpc) is 3.36. The van der Waals surface area contributed by atoms with Crippen LogP contribution in [0.3, 0.4) is 0 Å². The molecule has 0 bridgehead atoms. The lowest BCUT2D eigenvalue weighted by Gasteiger charge is -2.18. The highest BCUT2D eigenvalue weighted by molar-refractivity contribution is 5.72. The lowest BCUT2D eigenvalue weighted by molar-refractivity contribution is -0.166. The molecule has 0 spiro atoms. The number of ether oxygens (including phenoxy) is 3. The van der Waals surface area contributed by atoms with Crippen molar-refractivity contribution in [2.24, 2.45) is 0 Å². The smallest absolute Gasteiger partial charge is 0.310 e. The number of esters is 3. The Labute approximate surface area is 433 Å². The van der Waals surface area contributed by atoms with E-state index >= 15 is 0 Å². The quantitative estimate of drug-likeness (QED) is 0.0261. The summed E-state index contributed by atoms with van der Waals surface area (Å²) < 4.78 is 16.7. The van der Waals surface area contributed by atoms with E-state index in [1.165, 1.54) is 161 Å². The van der Waals surface area contributed by atoms with Gasteiger partial charge < -0.3 is 14.2 Å². The van der Waals surface area contributed by atoms with Crippen LogP contribution in [0.5, 0.6) is 0 Å². The van der Waals surface area contributed by atoms with E-state index in [9.17, 15) is 14.4 Å². The van der Waals surface area contributed by atoms with Gasteiger partial charge in [0.25, 0.3) is 0 Å². The van der Waals surface area contributed by atoms with Gasteiger partial charge in [0, 0.05) is 12.8 Å². The van der Waals surface area contributed by atoms with Crippen LogP contribution >= 0.6 is 0 Å². The molecule has 0 aliphatic heterocycles. The Morgan fingerprint density at radius 2 is 0.600 bits per heavy atom. The SMILES string of the molecule is CC/C=C\C/C=C\C/C=C\C/C=C\C/C=C\CC(=O)OC(COC(=O)CCCCCCC/C=C\CCCCCCC)COC(=O)CCCCCCCCCCCCC/C=C\CCCCCCCCCC. The van der Waals surface area contributed by atoms with Crippen LogP contribution in [0.1, 0.15) is 284 Å². The summed E-state index contributed by atoms with van der Waals surface area (Å²) in [5, 5.41) is 0. The molecule has 1 atom stereocenters. The Bertz CT molecular complexity index is 1350. The molecule has 6 nitrogen and oxygen atoms in total. The van der Waals surface area contributed by atoms with Gasteiger partial charge in [0.2, 0.25) is 0 Å². The van der Waals surface area contributed by atoms with Gasteiger partial charge in [-0.15, -0.1) is 0 Å². The number of hydrogen-bond acceptors (Lipinski definition) is 6. The van der Waals surface area contributed by atoms with Crippen molar-refractivity contribution in [3.8, 4) is 0 Å². The fourth-order valence-electron chi connectivity index (χ4n) is 8.21. The van der Waals surface area contributed by atoms with E-state index in [0.29, 0.717) is 12.8 Å². The van der Waals surface area contributed by atoms with E-state index in [1.807, 2.05) is 6.08 Å². The van der Waals surface area contributed by atoms with Gasteiger partial charge in [0.05, 0.1) is 6.42 Å². The Kier molecular flexibility index (Phi) is 55.3. The molecule has 0 rings (SSSR count). The van der Waals surface area contributed by atoms with Crippen molar-refractivity contribution in [2.75, 3.05) is 13.2 Å². The van der Waals surface area contributed by atoms with Gasteiger partial charge in [-0.3, -0.25) is 14.4 Å². The zero-order valence-electron chi connectivity index (χ0n) is 46.0. The van der Waals surface area contributed by atoms with Gasteiger partial charge in [-0.05, 0) is 96.3 Å². The average molecular weight is 976 g/mol. The molecular weight excluding hydrogens is 865 g/mol. The molecule has 0 aromatic rings. The minimum atomic E-state index is -0.835. The lowest BCUT2D eigenvalue weighted by Crippen LogP contribution is -2.30. The van der Waals surface area contributed by atoms with E-state index in [2.05, 4.69) is 93.7 Å². The van der Waals surface area contributed by atoms with Crippen LogP contribution in [0, 0.1) is 0 Å². The lowest BCUT2D eigenvalue weighted by atomic mass is 10.0. The van der Waals surface area contributed by atoms with E-state index in [0.717, 1.165) is 83.5 Å². The number of carbonyl (C=O) groups excluding carboxylic acids is 3. The molecule has 0 aliphatic carbocycles. The molecular formula is C64H110O6. The van der Waals surface area contributed by atoms with Crippen molar-refractivity contribution in [3.63, 3.8) is 0 Å². The van der Waals surface area contributed by atoms with Crippen molar-refractivity contribution in [1.29, 1.82) is 0 Å². The Morgan fingerprint density at radius 1 is 0.314 bits per heavy atom. The second-order valence-corrected chi connectivity index (χ2v) is 19.5. The van der Waals surface area contributed by atoms with Crippen LogP contribution < -0.4 is 0 Å². The normalized spacial score (nSPS) is 12.7. The highest BCUT2D eigenvalue weighted by Gasteiger charge is 2.19. The number of carbonyl (C=O) groups is 3. The summed E-state index contributed by atoms with van der Waals surface area (Å²) in [6.45, 7) is 6.44. The van der Waals surface area contributed by atoms with Crippen LogP contribution in [0.25, 0.3) is 0 Å². The molecule has 6 heteroatoms. The molecule has 0 aromatic carbocycles. The minimum Gasteiger partial charge on any atom is -0.462 e. The number of hydrogen-bond donors (Lipinski definition) is 0. The van der Waals surface area contributed by atoms with Crippen LogP contribution in [0.2, 0.25) is 0 Å². The Hall–Kier alpha value is -3.41. The standard InChI is InChI=1S/C64H110O6/c1-4-7-10-13-16-19-22-25-28-29-30-31-32-33-34-35-37-39-42-45-48-51-54-57-63(66)69-60-61(59-68-62(65)56-53-50-47-44-41-38-27-24-21-18-15-12-9-6-3)70-64(67)58-55-52-49-46-43-40-36-26-23-20-17-14-11-8-5-2/h8,11,17,20,24,26-27,29-30,36,43,46,52,55,61H,4-7,9-10,12-16,18-19,21-23,25,28,31-35,37-42,44-45,47-51,53-54,56-60H2,1-3H3/b11-8-,20-17-,27-24-,30-29-,36-26-,46-43-,55-52-. The van der Waals surface area contributed by atoms with Crippen molar-refractivity contribution < 1.29 is 28.6 Å². The van der Waals surface area contributed by atoms with E-state index in [-0.39, 0.29) is 31.6 Å². The summed E-state index contributed by atoms with van der Waals surface area (Å²) in [6.07, 6.45) is 76.1. The first kappa shape index (κ1) is 66.6. The van der Waals surface area contributed by atoms with Gasteiger partial charge in [0.1, 0.15) is 13.2 Å². The fourth-order valence-corrected chi connectivity index (χ4v) is 8.21. The van der Waals surface area contributed by atoms with Crippen molar-refractivity contribution in [1.82, 2.24) is 0 Å². The maximum atomic E-state index is 12.8. The highest BCUT2D eigenvalue weighted by Crippen LogP contribution is 2.15. The highest BCUT2D eigenvalue weighted by atomic mass is 16.6. The van der Waals surface area contributed by atoms with Crippen LogP contribution in [-0.4, -0.2) is 37.2 Å². The predicted octanol–water partition coefficient (Wildman–Crippen LogP) is 19.9. The summed E-state index contributed by atoms with van der Waals surface area (Å²) in [5.41, 5.74) is 0. The third-order valence-corrected chi connectivity index (χ3v) is 12.6. The number of unbranched alkanes of at least 4 members (excludes halogenated alkanes) is 29. The molecule has 402 valence electrons. The largest absolute Gasteiger partial charge is 0.462 e. The summed E-state index contributed by atoms with van der Waals surface area (Å²) in [6, 6.07) is 0. The van der Waals surface area contributed by atoms with Crippen LogP contribution in [0.4, 0.5) is 0 Å². The fraction of sp³-hybridized carbons (Fsp3) is 0.734. The summed E-state index contributed by atoms with van der Waals surface area (Å²) >= 11 is 0. The third kappa shape index (κ3) is 55.5. The van der Waals surface area contributed by atoms with Gasteiger partial charge in [0.15, 0.2) is 6.10 Å². The minimum absolute atomic E-state index is 0.0953. The monoisotopic (exact) mass is 975 g/mol. The van der Waals surface area contributed by atoms with Crippen molar-refractivity contribution in [2.45, 2.75) is 290 Å². The van der Waals surface area contributed by atoms with Gasteiger partial charge >= 0.3 is 17.9 Å². The Balaban J connectivity index is 4.40. The number of allylic oxidation sites excluding steroid dienone is 13. The first-order valence-electron chi connectivity index (χ1n) is 29.6. The molecule has 0 fully saturated rings.